The lowest BCUT2D eigenvalue weighted by Gasteiger charge is -2.28. The van der Waals surface area contributed by atoms with Crippen molar-refractivity contribution in [1.82, 2.24) is 19.5 Å². The fraction of sp³-hybridized carbons (Fsp3) is 0.286. The quantitative estimate of drug-likeness (QED) is 0.255. The molecule has 0 unspecified atom stereocenters. The number of hydrogen-bond donors (Lipinski definition) is 3. The predicted molar refractivity (Wildman–Crippen MR) is 138 cm³/mol. The van der Waals surface area contributed by atoms with E-state index in [4.69, 9.17) is 0 Å². The van der Waals surface area contributed by atoms with E-state index in [0.717, 1.165) is 55.3 Å². The molecule has 1 saturated carbocycles. The molecule has 0 spiro atoms. The number of nitrogens with one attached hydrogen (secondary N) is 1. The number of carbonyl (C=O) groups is 1. The lowest BCUT2D eigenvalue weighted by Crippen LogP contribution is -2.15. The highest BCUT2D eigenvalue weighted by Crippen LogP contribution is 2.42. The van der Waals surface area contributed by atoms with E-state index < -0.39 is 17.7 Å². The van der Waals surface area contributed by atoms with Gasteiger partial charge in [-0.15, -0.1) is 0 Å². The number of phenolic OH excluding ortho intramolecular Hbond substituents is 1. The molecule has 202 valence electrons. The van der Waals surface area contributed by atoms with Crippen molar-refractivity contribution in [2.75, 3.05) is 5.32 Å². The van der Waals surface area contributed by atoms with E-state index in [1.54, 1.807) is 23.0 Å². The molecule has 0 amide bonds. The number of carboxylic acids is 1. The number of aryl methyl sites for hydroxylation is 1. The van der Waals surface area contributed by atoms with Gasteiger partial charge in [0.2, 0.25) is 0 Å². The zero-order valence-electron chi connectivity index (χ0n) is 21.0. The molecule has 3 aromatic heterocycles. The first-order valence-corrected chi connectivity index (χ1v) is 12.5. The number of imidazole rings is 1. The van der Waals surface area contributed by atoms with Crippen LogP contribution in [0.1, 0.15) is 70.3 Å². The van der Waals surface area contributed by atoms with Gasteiger partial charge in [-0.3, -0.25) is 4.57 Å². The predicted octanol–water partition coefficient (Wildman–Crippen LogP) is 6.58. The fourth-order valence-corrected chi connectivity index (χ4v) is 5.11. The Balaban J connectivity index is 1.30. The Morgan fingerprint density at radius 2 is 1.74 bits per heavy atom. The molecule has 5 rings (SSSR count). The topological polar surface area (TPSA) is 113 Å². The van der Waals surface area contributed by atoms with Crippen LogP contribution in [0.2, 0.25) is 0 Å². The minimum atomic E-state index is -4.47. The van der Waals surface area contributed by atoms with Gasteiger partial charge in [-0.2, -0.15) is 13.2 Å². The average Bonchev–Trinajstić information content (AvgIpc) is 3.38. The molecule has 0 saturated heterocycles. The summed E-state index contributed by atoms with van der Waals surface area (Å²) in [6.07, 6.45) is 3.34. The molecular formula is C28H26F3N5O3. The molecule has 0 aliphatic heterocycles. The molecular weight excluding hydrogens is 511 g/mol. The number of aromatic hydroxyl groups is 1. The van der Waals surface area contributed by atoms with Crippen LogP contribution in [0.5, 0.6) is 5.75 Å². The minimum absolute atomic E-state index is 0.0368. The summed E-state index contributed by atoms with van der Waals surface area (Å²) in [4.78, 5) is 24.8. The molecule has 1 fully saturated rings. The molecule has 3 N–H and O–H groups in total. The number of alkyl halides is 3. The van der Waals surface area contributed by atoms with E-state index in [1.807, 2.05) is 19.2 Å². The number of nitrogens with zero attached hydrogens (tertiary/aromatic N) is 4. The van der Waals surface area contributed by atoms with Gasteiger partial charge in [0.25, 0.3) is 0 Å². The summed E-state index contributed by atoms with van der Waals surface area (Å²) in [6.45, 7) is 1.86. The van der Waals surface area contributed by atoms with Gasteiger partial charge in [0, 0.05) is 18.3 Å². The Bertz CT molecular complexity index is 1510. The van der Waals surface area contributed by atoms with Gasteiger partial charge in [-0.05, 0) is 92.1 Å². The summed E-state index contributed by atoms with van der Waals surface area (Å²) in [7, 11) is 0. The average molecular weight is 538 g/mol. The van der Waals surface area contributed by atoms with E-state index in [1.165, 1.54) is 12.1 Å². The van der Waals surface area contributed by atoms with Gasteiger partial charge < -0.3 is 15.5 Å². The Morgan fingerprint density at radius 3 is 2.46 bits per heavy atom. The van der Waals surface area contributed by atoms with Crippen molar-refractivity contribution in [2.45, 2.75) is 50.6 Å². The van der Waals surface area contributed by atoms with Crippen LogP contribution < -0.4 is 5.32 Å². The van der Waals surface area contributed by atoms with Crippen molar-refractivity contribution in [3.8, 4) is 11.6 Å². The van der Waals surface area contributed by atoms with Gasteiger partial charge >= 0.3 is 12.1 Å². The molecule has 0 bridgehead atoms. The summed E-state index contributed by atoms with van der Waals surface area (Å²) >= 11 is 0. The standard InChI is InChI=1S/C28H26F3N5O3/c1-16-10-25(34-24-12-19(8-9-32-24)28(29,30)31)35-26(11-16)36-14-23(33-15-36)18-4-2-17(3-5-18)22-13-20(37)6-7-21(22)27(38)39/h6-15,17-18,37H,2-5H2,1H3,(H,38,39)(H,32,34,35). The SMILES string of the molecule is Cc1cc(Nc2cc(C(F)(F)F)ccn2)nc(-n2cnc(C3CCC(c4cc(O)ccc4C(=O)O)CC3)c2)c1. The zero-order chi connectivity index (χ0) is 27.7. The van der Waals surface area contributed by atoms with Crippen LogP contribution in [0, 0.1) is 6.92 Å². The monoisotopic (exact) mass is 537 g/mol. The van der Waals surface area contributed by atoms with E-state index in [2.05, 4.69) is 20.3 Å². The Hall–Kier alpha value is -4.41. The summed E-state index contributed by atoms with van der Waals surface area (Å²) in [5.74, 6) is 0.224. The van der Waals surface area contributed by atoms with Crippen LogP contribution in [0.4, 0.5) is 24.8 Å². The molecule has 3 heterocycles. The second-order valence-electron chi connectivity index (χ2n) is 9.77. The number of halogens is 3. The van der Waals surface area contributed by atoms with E-state index in [9.17, 15) is 28.2 Å². The summed E-state index contributed by atoms with van der Waals surface area (Å²) in [5, 5.41) is 22.3. The maximum absolute atomic E-state index is 13.1. The minimum Gasteiger partial charge on any atom is -0.508 e. The molecule has 1 aliphatic rings. The number of carboxylic acid groups (broad SMARTS) is 1. The molecule has 1 aliphatic carbocycles. The van der Waals surface area contributed by atoms with Crippen molar-refractivity contribution < 1.29 is 28.2 Å². The smallest absolute Gasteiger partial charge is 0.416 e. The second-order valence-corrected chi connectivity index (χ2v) is 9.77. The first-order valence-electron chi connectivity index (χ1n) is 12.5. The molecule has 39 heavy (non-hydrogen) atoms. The van der Waals surface area contributed by atoms with Crippen LogP contribution >= 0.6 is 0 Å². The molecule has 0 radical (unpaired) electrons. The Labute approximate surface area is 222 Å². The third-order valence-electron chi connectivity index (χ3n) is 7.02. The van der Waals surface area contributed by atoms with Crippen molar-refractivity contribution in [3.05, 3.63) is 89.1 Å². The van der Waals surface area contributed by atoms with Crippen LogP contribution in [0.25, 0.3) is 5.82 Å². The van der Waals surface area contributed by atoms with Crippen molar-refractivity contribution >= 4 is 17.6 Å². The van der Waals surface area contributed by atoms with Crippen molar-refractivity contribution in [1.29, 1.82) is 0 Å². The number of anilines is 2. The highest BCUT2D eigenvalue weighted by Gasteiger charge is 2.31. The van der Waals surface area contributed by atoms with Crippen LogP contribution in [-0.4, -0.2) is 35.7 Å². The molecule has 1 aromatic carbocycles. The van der Waals surface area contributed by atoms with Crippen molar-refractivity contribution in [2.24, 2.45) is 0 Å². The van der Waals surface area contributed by atoms with Crippen LogP contribution in [-0.2, 0) is 6.18 Å². The Morgan fingerprint density at radius 1 is 1.00 bits per heavy atom. The molecule has 8 nitrogen and oxygen atoms in total. The molecule has 0 atom stereocenters. The normalized spacial score (nSPS) is 17.6. The number of aromatic nitrogens is 4. The largest absolute Gasteiger partial charge is 0.508 e. The van der Waals surface area contributed by atoms with Gasteiger partial charge in [-0.1, -0.05) is 0 Å². The second kappa shape index (κ2) is 10.4. The zero-order valence-corrected chi connectivity index (χ0v) is 21.0. The van der Waals surface area contributed by atoms with Gasteiger partial charge in [-0.25, -0.2) is 19.7 Å². The van der Waals surface area contributed by atoms with Crippen LogP contribution in [0.15, 0.2) is 61.2 Å². The summed E-state index contributed by atoms with van der Waals surface area (Å²) < 4.78 is 41.0. The number of benzene rings is 1. The summed E-state index contributed by atoms with van der Waals surface area (Å²) in [6, 6.07) is 9.80. The molecule has 4 aromatic rings. The summed E-state index contributed by atoms with van der Waals surface area (Å²) in [5.41, 5.74) is 1.82. The first-order chi connectivity index (χ1) is 18.6. The first kappa shape index (κ1) is 26.2. The number of aromatic carboxylic acids is 1. The maximum Gasteiger partial charge on any atom is 0.416 e. The van der Waals surface area contributed by atoms with E-state index in [-0.39, 0.29) is 29.0 Å². The maximum atomic E-state index is 13.1. The highest BCUT2D eigenvalue weighted by atomic mass is 19.4. The third-order valence-corrected chi connectivity index (χ3v) is 7.02. The van der Waals surface area contributed by atoms with Crippen molar-refractivity contribution in [3.63, 3.8) is 0 Å². The molecule has 11 heteroatoms. The van der Waals surface area contributed by atoms with Gasteiger partial charge in [0.05, 0.1) is 16.8 Å². The lowest BCUT2D eigenvalue weighted by atomic mass is 9.76. The fourth-order valence-electron chi connectivity index (χ4n) is 5.11. The number of hydrogen-bond acceptors (Lipinski definition) is 6. The highest BCUT2D eigenvalue weighted by molar-refractivity contribution is 5.89. The third kappa shape index (κ3) is 5.87. The Kier molecular flexibility index (Phi) is 6.98. The van der Waals surface area contributed by atoms with E-state index in [0.29, 0.717) is 17.2 Å². The van der Waals surface area contributed by atoms with Gasteiger partial charge in [0.1, 0.15) is 29.5 Å². The van der Waals surface area contributed by atoms with Gasteiger partial charge in [0.15, 0.2) is 0 Å². The number of pyridine rings is 2. The number of rotatable bonds is 6. The van der Waals surface area contributed by atoms with Crippen LogP contribution in [0.3, 0.4) is 0 Å². The van der Waals surface area contributed by atoms with E-state index >= 15 is 0 Å². The lowest BCUT2D eigenvalue weighted by molar-refractivity contribution is -0.137. The number of phenols is 1.